The second-order valence-corrected chi connectivity index (χ2v) is 7.82. The van der Waals surface area contributed by atoms with E-state index in [0.717, 1.165) is 5.56 Å². The van der Waals surface area contributed by atoms with Gasteiger partial charge in [0.15, 0.2) is 0 Å². The van der Waals surface area contributed by atoms with Crippen molar-refractivity contribution in [2.24, 2.45) is 5.14 Å². The highest BCUT2D eigenvalue weighted by Gasteiger charge is 2.18. The molecule has 0 saturated heterocycles. The Hall–Kier alpha value is -2.85. The summed E-state index contributed by atoms with van der Waals surface area (Å²) in [6, 6.07) is 12.3. The van der Waals surface area contributed by atoms with Crippen molar-refractivity contribution in [1.29, 1.82) is 0 Å². The number of sulfonamides is 1. The normalized spacial score (nSPS) is 11.2. The van der Waals surface area contributed by atoms with E-state index in [1.807, 2.05) is 0 Å². The third-order valence-corrected chi connectivity index (χ3v) is 5.19. The number of primary sulfonamides is 1. The zero-order chi connectivity index (χ0) is 20.3. The maximum atomic E-state index is 11.5. The van der Waals surface area contributed by atoms with Gasteiger partial charge < -0.3 is 9.73 Å². The van der Waals surface area contributed by atoms with E-state index >= 15 is 0 Å². The van der Waals surface area contributed by atoms with Gasteiger partial charge in [-0.05, 0) is 35.4 Å². The van der Waals surface area contributed by atoms with Crippen molar-refractivity contribution >= 4 is 27.7 Å². The lowest BCUT2D eigenvalue weighted by molar-refractivity contribution is 0.161. The molecule has 8 nitrogen and oxygen atoms in total. The zero-order valence-electron chi connectivity index (χ0n) is 14.3. The van der Waals surface area contributed by atoms with E-state index < -0.39 is 16.1 Å². The SMILES string of the molecule is NS(=O)(=O)c1ccc(-c2coc(CNC(=O)NO)c2-c2ccc(Cl)cc2)cc1. The van der Waals surface area contributed by atoms with Crippen LogP contribution in [0, 0.1) is 0 Å². The van der Waals surface area contributed by atoms with E-state index in [-0.39, 0.29) is 11.4 Å². The predicted molar refractivity (Wildman–Crippen MR) is 103 cm³/mol. The van der Waals surface area contributed by atoms with Gasteiger partial charge in [0.05, 0.1) is 17.7 Å². The molecule has 1 aromatic heterocycles. The number of benzene rings is 2. The summed E-state index contributed by atoms with van der Waals surface area (Å²) in [5.41, 5.74) is 4.34. The minimum atomic E-state index is -3.80. The van der Waals surface area contributed by atoms with Crippen LogP contribution < -0.4 is 15.9 Å². The maximum absolute atomic E-state index is 11.5. The van der Waals surface area contributed by atoms with E-state index in [1.165, 1.54) is 23.9 Å². The van der Waals surface area contributed by atoms with Gasteiger partial charge in [0, 0.05) is 16.1 Å². The van der Waals surface area contributed by atoms with Crippen molar-refractivity contribution in [3.63, 3.8) is 0 Å². The fourth-order valence-corrected chi connectivity index (χ4v) is 3.34. The number of hydrogen-bond donors (Lipinski definition) is 4. The Labute approximate surface area is 165 Å². The molecule has 0 saturated carbocycles. The molecule has 0 aliphatic heterocycles. The summed E-state index contributed by atoms with van der Waals surface area (Å²) in [5, 5.41) is 16.8. The molecule has 0 spiro atoms. The van der Waals surface area contributed by atoms with Crippen molar-refractivity contribution in [3.05, 3.63) is 65.6 Å². The standard InChI is InChI=1S/C18H16ClN3O5S/c19-13-5-1-12(2-6-13)17-15(10-27-16(17)9-21-18(23)22-24)11-3-7-14(8-4-11)28(20,25)26/h1-8,10,24H,9H2,(H2,20,25,26)(H2,21,22,23). The fraction of sp³-hybridized carbons (Fsp3) is 0.0556. The van der Waals surface area contributed by atoms with E-state index in [4.69, 9.17) is 26.4 Å². The van der Waals surface area contributed by atoms with E-state index in [2.05, 4.69) is 5.32 Å². The van der Waals surface area contributed by atoms with Gasteiger partial charge in [-0.1, -0.05) is 35.9 Å². The molecule has 0 aliphatic rings. The summed E-state index contributed by atoms with van der Waals surface area (Å²) in [6.07, 6.45) is 1.50. The smallest absolute Gasteiger partial charge is 0.338 e. The minimum absolute atomic E-state index is 0.00528. The summed E-state index contributed by atoms with van der Waals surface area (Å²) in [4.78, 5) is 11.3. The molecule has 10 heteroatoms. The molecule has 0 bridgehead atoms. The number of furan rings is 1. The molecule has 2 aromatic carbocycles. The second kappa shape index (κ2) is 8.03. The van der Waals surface area contributed by atoms with Crippen LogP contribution in [0.2, 0.25) is 5.02 Å². The van der Waals surface area contributed by atoms with Crippen LogP contribution >= 0.6 is 11.6 Å². The molecule has 3 aromatic rings. The molecule has 3 rings (SSSR count). The van der Waals surface area contributed by atoms with Crippen molar-refractivity contribution < 1.29 is 22.8 Å². The van der Waals surface area contributed by atoms with Gasteiger partial charge in [-0.15, -0.1) is 0 Å². The Balaban J connectivity index is 2.06. The summed E-state index contributed by atoms with van der Waals surface area (Å²) < 4.78 is 28.6. The summed E-state index contributed by atoms with van der Waals surface area (Å²) >= 11 is 5.97. The minimum Gasteiger partial charge on any atom is -0.466 e. The lowest BCUT2D eigenvalue weighted by atomic mass is 9.97. The van der Waals surface area contributed by atoms with Gasteiger partial charge in [0.25, 0.3) is 0 Å². The Morgan fingerprint density at radius 3 is 2.25 bits per heavy atom. The topological polar surface area (TPSA) is 135 Å². The Morgan fingerprint density at radius 2 is 1.68 bits per heavy atom. The first kappa shape index (κ1) is 19.9. The molecule has 0 radical (unpaired) electrons. The number of rotatable bonds is 5. The van der Waals surface area contributed by atoms with Crippen molar-refractivity contribution in [2.45, 2.75) is 11.4 Å². The summed E-state index contributed by atoms with van der Waals surface area (Å²) in [6.45, 7) is 0.0135. The fourth-order valence-electron chi connectivity index (χ4n) is 2.70. The van der Waals surface area contributed by atoms with E-state index in [9.17, 15) is 13.2 Å². The molecule has 0 fully saturated rings. The largest absolute Gasteiger partial charge is 0.466 e. The number of hydroxylamine groups is 1. The number of halogens is 1. The first-order valence-electron chi connectivity index (χ1n) is 7.97. The molecular weight excluding hydrogens is 406 g/mol. The average molecular weight is 422 g/mol. The Morgan fingerprint density at radius 1 is 1.07 bits per heavy atom. The highest BCUT2D eigenvalue weighted by molar-refractivity contribution is 7.89. The number of nitrogens with one attached hydrogen (secondary N) is 2. The van der Waals surface area contributed by atoms with Crippen LogP contribution in [0.15, 0.2) is 64.1 Å². The highest BCUT2D eigenvalue weighted by atomic mass is 35.5. The lowest BCUT2D eigenvalue weighted by Crippen LogP contribution is -2.32. The van der Waals surface area contributed by atoms with E-state index in [0.29, 0.717) is 27.5 Å². The number of nitrogens with two attached hydrogens (primary N) is 1. The molecule has 146 valence electrons. The third-order valence-electron chi connectivity index (χ3n) is 4.01. The first-order valence-corrected chi connectivity index (χ1v) is 9.89. The molecule has 28 heavy (non-hydrogen) atoms. The molecule has 2 amide bonds. The van der Waals surface area contributed by atoms with Crippen LogP contribution in [-0.2, 0) is 16.6 Å². The van der Waals surface area contributed by atoms with Crippen molar-refractivity contribution in [3.8, 4) is 22.3 Å². The lowest BCUT2D eigenvalue weighted by Gasteiger charge is -2.08. The summed E-state index contributed by atoms with van der Waals surface area (Å²) in [7, 11) is -3.80. The van der Waals surface area contributed by atoms with Gasteiger partial charge in [0.1, 0.15) is 5.76 Å². The molecule has 0 atom stereocenters. The van der Waals surface area contributed by atoms with Gasteiger partial charge in [-0.3, -0.25) is 5.21 Å². The zero-order valence-corrected chi connectivity index (χ0v) is 15.9. The quantitative estimate of drug-likeness (QED) is 0.371. The summed E-state index contributed by atoms with van der Waals surface area (Å²) in [5.74, 6) is 0.441. The van der Waals surface area contributed by atoms with E-state index in [1.54, 1.807) is 36.4 Å². The van der Waals surface area contributed by atoms with Crippen molar-refractivity contribution in [2.75, 3.05) is 0 Å². The van der Waals surface area contributed by atoms with Crippen molar-refractivity contribution in [1.82, 2.24) is 10.8 Å². The van der Waals surface area contributed by atoms with Crippen LogP contribution in [-0.4, -0.2) is 19.7 Å². The number of carbonyl (C=O) groups excluding carboxylic acids is 1. The number of carbonyl (C=O) groups is 1. The van der Waals surface area contributed by atoms with Crippen LogP contribution in [0.5, 0.6) is 0 Å². The average Bonchev–Trinajstić information content (AvgIpc) is 3.10. The highest BCUT2D eigenvalue weighted by Crippen LogP contribution is 2.37. The monoisotopic (exact) mass is 421 g/mol. The van der Waals surface area contributed by atoms with Gasteiger partial charge >= 0.3 is 6.03 Å². The van der Waals surface area contributed by atoms with Crippen LogP contribution in [0.25, 0.3) is 22.3 Å². The second-order valence-electron chi connectivity index (χ2n) is 5.82. The number of hydrogen-bond acceptors (Lipinski definition) is 5. The first-order chi connectivity index (χ1) is 13.3. The molecule has 5 N–H and O–H groups in total. The Bertz CT molecular complexity index is 1090. The van der Waals surface area contributed by atoms with Gasteiger partial charge in [-0.25, -0.2) is 23.8 Å². The van der Waals surface area contributed by atoms with Crippen LogP contribution in [0.4, 0.5) is 4.79 Å². The maximum Gasteiger partial charge on any atom is 0.338 e. The molecule has 1 heterocycles. The molecule has 0 aliphatic carbocycles. The van der Waals surface area contributed by atoms with Crippen LogP contribution in [0.3, 0.4) is 0 Å². The third kappa shape index (κ3) is 4.34. The predicted octanol–water partition coefficient (Wildman–Crippen LogP) is 3.10. The molecule has 0 unspecified atom stereocenters. The Kier molecular flexibility index (Phi) is 5.71. The van der Waals surface area contributed by atoms with Gasteiger partial charge in [-0.2, -0.15) is 0 Å². The number of amides is 2. The van der Waals surface area contributed by atoms with Gasteiger partial charge in [0.2, 0.25) is 10.0 Å². The van der Waals surface area contributed by atoms with Crippen LogP contribution in [0.1, 0.15) is 5.76 Å². The molecular formula is C18H16ClN3O5S. The number of urea groups is 1.